The molecule has 5 nitrogen and oxygen atoms in total. The van der Waals surface area contributed by atoms with Gasteiger partial charge in [-0.05, 0) is 29.8 Å². The minimum atomic E-state index is -0.263. The molecule has 0 saturated carbocycles. The number of benzene rings is 2. The minimum Gasteiger partial charge on any atom is -0.378 e. The Labute approximate surface area is 158 Å². The van der Waals surface area contributed by atoms with Crippen molar-refractivity contribution in [1.82, 2.24) is 4.90 Å². The highest BCUT2D eigenvalue weighted by atomic mass is 19.1. The summed E-state index contributed by atoms with van der Waals surface area (Å²) < 4.78 is 25.5. The number of anilines is 1. The van der Waals surface area contributed by atoms with Crippen molar-refractivity contribution in [2.24, 2.45) is 0 Å². The highest BCUT2D eigenvalue weighted by Gasteiger charge is 2.37. The van der Waals surface area contributed by atoms with E-state index < -0.39 is 0 Å². The second kappa shape index (κ2) is 8.05. The van der Waals surface area contributed by atoms with Crippen LogP contribution in [0.15, 0.2) is 48.5 Å². The Hall–Kier alpha value is -2.46. The third-order valence-electron chi connectivity index (χ3n) is 5.04. The van der Waals surface area contributed by atoms with E-state index in [0.717, 1.165) is 24.3 Å². The fraction of sp³-hybridized carbons (Fsp3) is 0.381. The number of likely N-dealkylation sites (tertiary alicyclic amines) is 1. The summed E-state index contributed by atoms with van der Waals surface area (Å²) in [5.74, 6) is -0.263. The third kappa shape index (κ3) is 4.28. The monoisotopic (exact) mass is 367 g/mol. The smallest absolute Gasteiger partial charge is 0.125 e. The van der Waals surface area contributed by atoms with Gasteiger partial charge in [-0.1, -0.05) is 24.3 Å². The van der Waals surface area contributed by atoms with Crippen molar-refractivity contribution in [2.75, 3.05) is 31.6 Å². The summed E-state index contributed by atoms with van der Waals surface area (Å²) >= 11 is 0. The Morgan fingerprint density at radius 3 is 2.52 bits per heavy atom. The van der Waals surface area contributed by atoms with E-state index in [9.17, 15) is 9.65 Å². The molecule has 6 heteroatoms. The molecule has 0 bridgehead atoms. The van der Waals surface area contributed by atoms with Crippen LogP contribution in [-0.2, 0) is 16.0 Å². The van der Waals surface area contributed by atoms with Gasteiger partial charge in [0.15, 0.2) is 0 Å². The molecule has 0 aliphatic carbocycles. The second-order valence-corrected chi connectivity index (χ2v) is 7.06. The van der Waals surface area contributed by atoms with Crippen molar-refractivity contribution in [1.29, 1.82) is 5.26 Å². The molecule has 2 heterocycles. The van der Waals surface area contributed by atoms with E-state index in [4.69, 9.17) is 9.47 Å². The first-order valence-corrected chi connectivity index (χ1v) is 9.17. The molecule has 0 spiro atoms. The maximum Gasteiger partial charge on any atom is 0.125 e. The van der Waals surface area contributed by atoms with Gasteiger partial charge in [0.25, 0.3) is 0 Å². The van der Waals surface area contributed by atoms with Gasteiger partial charge in [0.1, 0.15) is 5.82 Å². The third-order valence-corrected chi connectivity index (χ3v) is 5.04. The maximum atomic E-state index is 13.3. The van der Waals surface area contributed by atoms with E-state index in [-0.39, 0.29) is 24.1 Å². The fourth-order valence-corrected chi connectivity index (χ4v) is 3.70. The van der Waals surface area contributed by atoms with E-state index in [1.807, 2.05) is 30.3 Å². The number of nitrogens with zero attached hydrogens (tertiary/aromatic N) is 2. The molecule has 2 aromatic carbocycles. The summed E-state index contributed by atoms with van der Waals surface area (Å²) in [6.07, 6.45) is 0.0251. The van der Waals surface area contributed by atoms with E-state index in [1.54, 1.807) is 6.07 Å². The average molecular weight is 367 g/mol. The zero-order valence-electron chi connectivity index (χ0n) is 15.0. The van der Waals surface area contributed by atoms with Gasteiger partial charge in [-0.3, -0.25) is 4.90 Å². The quantitative estimate of drug-likeness (QED) is 0.901. The SMILES string of the molecule is N#Cc1ccccc1CN1C[C@@H]2OCC(Nc3cccc(F)c3)CO[C@H]2C1. The van der Waals surface area contributed by atoms with Gasteiger partial charge in [-0.15, -0.1) is 0 Å². The van der Waals surface area contributed by atoms with Crippen molar-refractivity contribution < 1.29 is 13.9 Å². The van der Waals surface area contributed by atoms with Crippen LogP contribution in [0.1, 0.15) is 11.1 Å². The number of hydrogen-bond acceptors (Lipinski definition) is 5. The first kappa shape index (κ1) is 17.9. The van der Waals surface area contributed by atoms with Crippen molar-refractivity contribution >= 4 is 5.69 Å². The summed E-state index contributed by atoms with van der Waals surface area (Å²) in [5.41, 5.74) is 2.47. The van der Waals surface area contributed by atoms with E-state index in [0.29, 0.717) is 25.3 Å². The Balaban J connectivity index is 1.33. The summed E-state index contributed by atoms with van der Waals surface area (Å²) in [6, 6.07) is 16.3. The summed E-state index contributed by atoms with van der Waals surface area (Å²) in [5, 5.41) is 12.5. The summed E-state index contributed by atoms with van der Waals surface area (Å²) in [6.45, 7) is 3.29. The Kier molecular flexibility index (Phi) is 5.35. The van der Waals surface area contributed by atoms with Crippen molar-refractivity contribution in [3.05, 3.63) is 65.5 Å². The molecular formula is C21H22FN3O2. The largest absolute Gasteiger partial charge is 0.378 e. The lowest BCUT2D eigenvalue weighted by molar-refractivity contribution is -0.00461. The van der Waals surface area contributed by atoms with Crippen LogP contribution in [0, 0.1) is 17.1 Å². The second-order valence-electron chi connectivity index (χ2n) is 7.06. The van der Waals surface area contributed by atoms with Crippen LogP contribution >= 0.6 is 0 Å². The Bertz CT molecular complexity index is 822. The van der Waals surface area contributed by atoms with Crippen molar-refractivity contribution in [2.45, 2.75) is 24.8 Å². The molecule has 2 fully saturated rings. The Morgan fingerprint density at radius 2 is 1.81 bits per heavy atom. The number of hydrogen-bond donors (Lipinski definition) is 1. The lowest BCUT2D eigenvalue weighted by Crippen LogP contribution is -2.31. The van der Waals surface area contributed by atoms with Crippen LogP contribution in [0.2, 0.25) is 0 Å². The molecule has 2 aromatic rings. The maximum absolute atomic E-state index is 13.3. The number of nitrogens with one attached hydrogen (secondary N) is 1. The molecule has 0 radical (unpaired) electrons. The van der Waals surface area contributed by atoms with Gasteiger partial charge in [0, 0.05) is 25.3 Å². The van der Waals surface area contributed by atoms with Crippen LogP contribution in [0.4, 0.5) is 10.1 Å². The lowest BCUT2D eigenvalue weighted by Gasteiger charge is -2.20. The van der Waals surface area contributed by atoms with Gasteiger partial charge in [0.05, 0.1) is 43.1 Å². The van der Waals surface area contributed by atoms with E-state index in [1.165, 1.54) is 12.1 Å². The van der Waals surface area contributed by atoms with Crippen LogP contribution in [0.25, 0.3) is 0 Å². The molecule has 140 valence electrons. The van der Waals surface area contributed by atoms with Crippen molar-refractivity contribution in [3.8, 4) is 6.07 Å². The predicted molar refractivity (Wildman–Crippen MR) is 99.7 cm³/mol. The van der Waals surface area contributed by atoms with Crippen LogP contribution in [0.5, 0.6) is 0 Å². The summed E-state index contributed by atoms with van der Waals surface area (Å²) in [4.78, 5) is 2.27. The number of rotatable bonds is 4. The zero-order chi connectivity index (χ0) is 18.6. The van der Waals surface area contributed by atoms with Gasteiger partial charge < -0.3 is 14.8 Å². The van der Waals surface area contributed by atoms with Gasteiger partial charge in [0.2, 0.25) is 0 Å². The molecular weight excluding hydrogens is 345 g/mol. The first-order chi connectivity index (χ1) is 13.2. The van der Waals surface area contributed by atoms with Crippen LogP contribution in [-0.4, -0.2) is 49.5 Å². The molecule has 2 atom stereocenters. The van der Waals surface area contributed by atoms with E-state index in [2.05, 4.69) is 16.3 Å². The molecule has 0 amide bonds. The van der Waals surface area contributed by atoms with Crippen molar-refractivity contribution in [3.63, 3.8) is 0 Å². The molecule has 4 rings (SSSR count). The fourth-order valence-electron chi connectivity index (χ4n) is 3.70. The summed E-state index contributed by atoms with van der Waals surface area (Å²) in [7, 11) is 0. The van der Waals surface area contributed by atoms with Gasteiger partial charge in [-0.2, -0.15) is 5.26 Å². The number of halogens is 1. The minimum absolute atomic E-state index is 0.00911. The number of ether oxygens (including phenoxy) is 2. The van der Waals surface area contributed by atoms with Gasteiger partial charge >= 0.3 is 0 Å². The highest BCUT2D eigenvalue weighted by molar-refractivity contribution is 5.44. The standard InChI is InChI=1S/C21H22FN3O2/c22-17-6-3-7-18(8-17)24-19-13-26-20-11-25(12-21(20)27-14-19)10-16-5-2-1-4-15(16)9-23/h1-8,19-21,24H,10-14H2/t20-,21-/m0/s1. The first-order valence-electron chi connectivity index (χ1n) is 9.17. The van der Waals surface area contributed by atoms with E-state index >= 15 is 0 Å². The zero-order valence-corrected chi connectivity index (χ0v) is 15.0. The molecule has 1 N–H and O–H groups in total. The highest BCUT2D eigenvalue weighted by Crippen LogP contribution is 2.23. The topological polar surface area (TPSA) is 57.5 Å². The van der Waals surface area contributed by atoms with Gasteiger partial charge in [-0.25, -0.2) is 4.39 Å². The normalized spacial score (nSPS) is 23.4. The molecule has 0 unspecified atom stereocenters. The molecule has 2 saturated heterocycles. The molecule has 27 heavy (non-hydrogen) atoms. The number of nitriles is 1. The average Bonchev–Trinajstić information content (AvgIpc) is 2.96. The predicted octanol–water partition coefficient (Wildman–Crippen LogP) is 2.78. The molecule has 0 aromatic heterocycles. The lowest BCUT2D eigenvalue weighted by atomic mass is 10.1. The van der Waals surface area contributed by atoms with Crippen LogP contribution < -0.4 is 5.32 Å². The van der Waals surface area contributed by atoms with Crippen LogP contribution in [0.3, 0.4) is 0 Å². The molecule has 2 aliphatic heterocycles. The molecule has 2 aliphatic rings. The Morgan fingerprint density at radius 1 is 1.07 bits per heavy atom. The number of fused-ring (bicyclic) bond motifs is 1.